The number of carbonyl (C=O) groups is 1. The Kier molecular flexibility index (Phi) is 6.18. The van der Waals surface area contributed by atoms with E-state index in [0.29, 0.717) is 22.2 Å². The average molecular weight is 438 g/mol. The van der Waals surface area contributed by atoms with Crippen LogP contribution in [0.25, 0.3) is 0 Å². The van der Waals surface area contributed by atoms with Crippen molar-refractivity contribution in [3.63, 3.8) is 0 Å². The normalized spacial score (nSPS) is 11.1. The van der Waals surface area contributed by atoms with Crippen LogP contribution in [0.5, 0.6) is 5.75 Å². The van der Waals surface area contributed by atoms with Crippen molar-refractivity contribution in [2.24, 2.45) is 0 Å². The summed E-state index contributed by atoms with van der Waals surface area (Å²) in [6.45, 7) is 0. The second kappa shape index (κ2) is 8.59. The number of hydrogen-bond acceptors (Lipinski definition) is 6. The first-order valence-electron chi connectivity index (χ1n) is 8.03. The maximum Gasteiger partial charge on any atom is 0.263 e. The molecule has 0 aliphatic rings. The van der Waals surface area contributed by atoms with Gasteiger partial charge >= 0.3 is 0 Å². The molecule has 7 nitrogen and oxygen atoms in total. The molecule has 28 heavy (non-hydrogen) atoms. The lowest BCUT2D eigenvalue weighted by atomic mass is 10.2. The van der Waals surface area contributed by atoms with Gasteiger partial charge in [0.2, 0.25) is 5.91 Å². The largest absolute Gasteiger partial charge is 0.495 e. The molecular formula is C18H16ClN3O4S2. The summed E-state index contributed by atoms with van der Waals surface area (Å²) < 4.78 is 32.3. The number of sulfonamides is 1. The SMILES string of the molecule is COc1ccccc1NC(=O)Cc1csc(NS(=O)(=O)c2ccc(Cl)cc2)n1. The van der Waals surface area contributed by atoms with Gasteiger partial charge in [0, 0.05) is 10.4 Å². The molecule has 2 aromatic carbocycles. The molecule has 146 valence electrons. The highest BCUT2D eigenvalue weighted by molar-refractivity contribution is 7.93. The van der Waals surface area contributed by atoms with Crippen molar-refractivity contribution < 1.29 is 17.9 Å². The molecule has 2 N–H and O–H groups in total. The third kappa shape index (κ3) is 5.00. The van der Waals surface area contributed by atoms with E-state index in [1.54, 1.807) is 29.6 Å². The van der Waals surface area contributed by atoms with E-state index in [-0.39, 0.29) is 22.4 Å². The van der Waals surface area contributed by atoms with Crippen molar-refractivity contribution in [2.75, 3.05) is 17.1 Å². The quantitative estimate of drug-likeness (QED) is 0.586. The lowest BCUT2D eigenvalue weighted by molar-refractivity contribution is -0.115. The van der Waals surface area contributed by atoms with Gasteiger partial charge in [0.25, 0.3) is 10.0 Å². The zero-order chi connectivity index (χ0) is 20.1. The van der Waals surface area contributed by atoms with Crippen LogP contribution < -0.4 is 14.8 Å². The molecule has 0 saturated carbocycles. The number of nitrogens with one attached hydrogen (secondary N) is 2. The number of rotatable bonds is 7. The van der Waals surface area contributed by atoms with Crippen LogP contribution >= 0.6 is 22.9 Å². The second-order valence-electron chi connectivity index (χ2n) is 5.63. The molecular weight excluding hydrogens is 422 g/mol. The van der Waals surface area contributed by atoms with Crippen molar-refractivity contribution in [3.8, 4) is 5.75 Å². The standard InChI is InChI=1S/C18H16ClN3O4S2/c1-26-16-5-3-2-4-15(16)21-17(23)10-13-11-27-18(20-13)22-28(24,25)14-8-6-12(19)7-9-14/h2-9,11H,10H2,1H3,(H,20,22)(H,21,23). The van der Waals surface area contributed by atoms with E-state index in [0.717, 1.165) is 11.3 Å². The molecule has 10 heteroatoms. The Morgan fingerprint density at radius 2 is 1.89 bits per heavy atom. The van der Waals surface area contributed by atoms with Gasteiger partial charge in [-0.15, -0.1) is 11.3 Å². The molecule has 0 aliphatic heterocycles. The second-order valence-corrected chi connectivity index (χ2v) is 8.61. The van der Waals surface area contributed by atoms with E-state index < -0.39 is 10.0 Å². The van der Waals surface area contributed by atoms with E-state index in [1.165, 1.54) is 31.4 Å². The highest BCUT2D eigenvalue weighted by Crippen LogP contribution is 2.24. The van der Waals surface area contributed by atoms with Crippen LogP contribution in [-0.2, 0) is 21.2 Å². The van der Waals surface area contributed by atoms with Gasteiger partial charge in [-0.05, 0) is 36.4 Å². The number of methoxy groups -OCH3 is 1. The molecule has 0 fully saturated rings. The number of nitrogens with zero attached hydrogens (tertiary/aromatic N) is 1. The van der Waals surface area contributed by atoms with E-state index in [4.69, 9.17) is 16.3 Å². The van der Waals surface area contributed by atoms with Crippen LogP contribution in [0.15, 0.2) is 58.8 Å². The minimum atomic E-state index is -3.78. The average Bonchev–Trinajstić information content (AvgIpc) is 3.08. The minimum absolute atomic E-state index is 0.00276. The van der Waals surface area contributed by atoms with Crippen LogP contribution in [0.1, 0.15) is 5.69 Å². The fraction of sp³-hybridized carbons (Fsp3) is 0.111. The minimum Gasteiger partial charge on any atom is -0.495 e. The van der Waals surface area contributed by atoms with Crippen molar-refractivity contribution in [1.29, 1.82) is 0 Å². The third-order valence-electron chi connectivity index (χ3n) is 3.62. The first-order chi connectivity index (χ1) is 13.4. The number of thiazole rings is 1. The summed E-state index contributed by atoms with van der Waals surface area (Å²) in [6, 6.07) is 12.8. The molecule has 0 aliphatic carbocycles. The summed E-state index contributed by atoms with van der Waals surface area (Å²) in [5.41, 5.74) is 1.00. The molecule has 0 spiro atoms. The van der Waals surface area contributed by atoms with Gasteiger partial charge in [0.05, 0.1) is 29.8 Å². The van der Waals surface area contributed by atoms with Crippen LogP contribution in [0.2, 0.25) is 5.02 Å². The zero-order valence-electron chi connectivity index (χ0n) is 14.7. The summed E-state index contributed by atoms with van der Waals surface area (Å²) in [4.78, 5) is 16.5. The molecule has 3 aromatic rings. The summed E-state index contributed by atoms with van der Waals surface area (Å²) in [7, 11) is -2.26. The fourth-order valence-corrected chi connectivity index (χ4v) is 4.42. The van der Waals surface area contributed by atoms with Gasteiger partial charge < -0.3 is 10.1 Å². The van der Waals surface area contributed by atoms with Crippen LogP contribution in [0, 0.1) is 0 Å². The van der Waals surface area contributed by atoms with Crippen molar-refractivity contribution in [2.45, 2.75) is 11.3 Å². The van der Waals surface area contributed by atoms with E-state index in [9.17, 15) is 13.2 Å². The lowest BCUT2D eigenvalue weighted by Gasteiger charge is -2.09. The van der Waals surface area contributed by atoms with Crippen molar-refractivity contribution in [3.05, 3.63) is 64.6 Å². The molecule has 0 unspecified atom stereocenters. The Morgan fingerprint density at radius 3 is 2.61 bits per heavy atom. The van der Waals surface area contributed by atoms with Crippen LogP contribution in [0.3, 0.4) is 0 Å². The Morgan fingerprint density at radius 1 is 1.18 bits per heavy atom. The van der Waals surface area contributed by atoms with E-state index in [1.807, 2.05) is 0 Å². The number of halogens is 1. The zero-order valence-corrected chi connectivity index (χ0v) is 17.1. The summed E-state index contributed by atoms with van der Waals surface area (Å²) in [5, 5.41) is 4.99. The van der Waals surface area contributed by atoms with E-state index >= 15 is 0 Å². The predicted octanol–water partition coefficient (Wildman–Crippen LogP) is 3.79. The number of aromatic nitrogens is 1. The molecule has 0 saturated heterocycles. The number of para-hydroxylation sites is 2. The predicted molar refractivity (Wildman–Crippen MR) is 110 cm³/mol. The van der Waals surface area contributed by atoms with Gasteiger partial charge in [-0.2, -0.15) is 0 Å². The summed E-state index contributed by atoms with van der Waals surface area (Å²) in [5.74, 6) is 0.257. The van der Waals surface area contributed by atoms with Crippen molar-refractivity contribution in [1.82, 2.24) is 4.98 Å². The van der Waals surface area contributed by atoms with Crippen LogP contribution in [0.4, 0.5) is 10.8 Å². The van der Waals surface area contributed by atoms with Gasteiger partial charge in [-0.3, -0.25) is 9.52 Å². The Labute approximate surface area is 171 Å². The number of carbonyl (C=O) groups excluding carboxylic acids is 1. The highest BCUT2D eigenvalue weighted by Gasteiger charge is 2.17. The molecule has 0 atom stereocenters. The van der Waals surface area contributed by atoms with Crippen LogP contribution in [-0.4, -0.2) is 26.4 Å². The fourth-order valence-electron chi connectivity index (χ4n) is 2.33. The Bertz CT molecular complexity index is 1080. The van der Waals surface area contributed by atoms with Gasteiger partial charge in [0.1, 0.15) is 5.75 Å². The maximum atomic E-state index is 12.4. The molecule has 3 rings (SSSR count). The highest BCUT2D eigenvalue weighted by atomic mass is 35.5. The number of hydrogen-bond donors (Lipinski definition) is 2. The smallest absolute Gasteiger partial charge is 0.263 e. The first kappa shape index (κ1) is 20.1. The third-order valence-corrected chi connectivity index (χ3v) is 6.16. The number of amides is 1. The van der Waals surface area contributed by atoms with Gasteiger partial charge in [-0.25, -0.2) is 13.4 Å². The topological polar surface area (TPSA) is 97.4 Å². The Hall–Kier alpha value is -2.62. The number of anilines is 2. The number of ether oxygens (including phenoxy) is 1. The summed E-state index contributed by atoms with van der Waals surface area (Å²) in [6.07, 6.45) is -0.00276. The lowest BCUT2D eigenvalue weighted by Crippen LogP contribution is -2.15. The van der Waals surface area contributed by atoms with Gasteiger partial charge in [-0.1, -0.05) is 23.7 Å². The molecule has 1 heterocycles. The maximum absolute atomic E-state index is 12.4. The first-order valence-corrected chi connectivity index (χ1v) is 10.8. The number of benzene rings is 2. The monoisotopic (exact) mass is 437 g/mol. The molecule has 1 aromatic heterocycles. The summed E-state index contributed by atoms with van der Waals surface area (Å²) >= 11 is 6.88. The van der Waals surface area contributed by atoms with Crippen molar-refractivity contribution >= 4 is 49.7 Å². The molecule has 1 amide bonds. The molecule has 0 radical (unpaired) electrons. The Balaban J connectivity index is 1.65. The molecule has 0 bridgehead atoms. The van der Waals surface area contributed by atoms with Gasteiger partial charge in [0.15, 0.2) is 5.13 Å². The van der Waals surface area contributed by atoms with E-state index in [2.05, 4.69) is 15.0 Å².